The van der Waals surface area contributed by atoms with Gasteiger partial charge in [0, 0.05) is 7.05 Å². The fourth-order valence-electron chi connectivity index (χ4n) is 1.95. The molecule has 0 radical (unpaired) electrons. The number of hydrogen-bond acceptors (Lipinski definition) is 3. The lowest BCUT2D eigenvalue weighted by molar-refractivity contribution is 0.212. The predicted octanol–water partition coefficient (Wildman–Crippen LogP) is 2.36. The van der Waals surface area contributed by atoms with Gasteiger partial charge in [0.25, 0.3) is 0 Å². The smallest absolute Gasteiger partial charge is 0.204 e. The van der Waals surface area contributed by atoms with Crippen molar-refractivity contribution in [1.29, 1.82) is 5.26 Å². The van der Waals surface area contributed by atoms with Crippen molar-refractivity contribution < 1.29 is 4.74 Å². The summed E-state index contributed by atoms with van der Waals surface area (Å²) in [5, 5.41) is 9.00. The lowest BCUT2D eigenvalue weighted by Gasteiger charge is -2.37. The Hall–Kier alpha value is -1.69. The molecule has 0 N–H and O–H groups in total. The van der Waals surface area contributed by atoms with Crippen molar-refractivity contribution in [2.24, 2.45) is 0 Å². The van der Waals surface area contributed by atoms with Crippen LogP contribution >= 0.6 is 0 Å². The molecule has 2 rings (SSSR count). The standard InChI is InChI=1S/C13H16N2O/c1-4-10-5-6-12-11(7-10)15(3)9(2)13(8-14)16-12/h5-7,9,13H,4H2,1-3H3. The highest BCUT2D eigenvalue weighted by molar-refractivity contribution is 5.62. The van der Waals surface area contributed by atoms with Gasteiger partial charge < -0.3 is 9.64 Å². The summed E-state index contributed by atoms with van der Waals surface area (Å²) in [6.07, 6.45) is 0.627. The van der Waals surface area contributed by atoms with Crippen LogP contribution < -0.4 is 9.64 Å². The average molecular weight is 216 g/mol. The van der Waals surface area contributed by atoms with Crippen molar-refractivity contribution >= 4 is 5.69 Å². The van der Waals surface area contributed by atoms with E-state index in [1.165, 1.54) is 5.56 Å². The first-order valence-electron chi connectivity index (χ1n) is 5.59. The number of ether oxygens (including phenoxy) is 1. The maximum atomic E-state index is 9.00. The summed E-state index contributed by atoms with van der Waals surface area (Å²) in [4.78, 5) is 2.12. The second-order valence-corrected chi connectivity index (χ2v) is 4.17. The molecular formula is C13H16N2O. The van der Waals surface area contributed by atoms with Crippen LogP contribution in [0.15, 0.2) is 18.2 Å². The second kappa shape index (κ2) is 4.05. The SMILES string of the molecule is CCc1ccc2c(c1)N(C)C(C)C(C#N)O2. The van der Waals surface area contributed by atoms with Crippen molar-refractivity contribution in [1.82, 2.24) is 0 Å². The molecule has 3 heteroatoms. The average Bonchev–Trinajstić information content (AvgIpc) is 2.33. The molecule has 0 saturated heterocycles. The van der Waals surface area contributed by atoms with E-state index in [0.29, 0.717) is 0 Å². The highest BCUT2D eigenvalue weighted by atomic mass is 16.5. The molecule has 0 bridgehead atoms. The van der Waals surface area contributed by atoms with Gasteiger partial charge >= 0.3 is 0 Å². The van der Waals surface area contributed by atoms with E-state index in [0.717, 1.165) is 17.9 Å². The molecular weight excluding hydrogens is 200 g/mol. The first-order valence-corrected chi connectivity index (χ1v) is 5.59. The van der Waals surface area contributed by atoms with Crippen LogP contribution in [0.1, 0.15) is 19.4 Å². The molecule has 0 fully saturated rings. The van der Waals surface area contributed by atoms with Crippen LogP contribution in [0.2, 0.25) is 0 Å². The fraction of sp³-hybridized carbons (Fsp3) is 0.462. The van der Waals surface area contributed by atoms with Gasteiger partial charge in [-0.05, 0) is 31.0 Å². The molecule has 2 atom stereocenters. The van der Waals surface area contributed by atoms with Crippen molar-refractivity contribution in [2.45, 2.75) is 32.4 Å². The number of fused-ring (bicyclic) bond motifs is 1. The van der Waals surface area contributed by atoms with E-state index < -0.39 is 0 Å². The number of benzene rings is 1. The Labute approximate surface area is 96.2 Å². The highest BCUT2D eigenvalue weighted by Gasteiger charge is 2.30. The first kappa shape index (κ1) is 10.8. The van der Waals surface area contributed by atoms with Gasteiger partial charge in [-0.1, -0.05) is 13.0 Å². The van der Waals surface area contributed by atoms with E-state index in [1.54, 1.807) is 0 Å². The van der Waals surface area contributed by atoms with Crippen LogP contribution in [0.25, 0.3) is 0 Å². The zero-order valence-electron chi connectivity index (χ0n) is 9.90. The Kier molecular flexibility index (Phi) is 2.74. The van der Waals surface area contributed by atoms with E-state index in [-0.39, 0.29) is 12.1 Å². The molecule has 0 amide bonds. The Balaban J connectivity index is 2.43. The minimum absolute atomic E-state index is 0.0876. The lowest BCUT2D eigenvalue weighted by Crippen LogP contribution is -2.45. The zero-order valence-corrected chi connectivity index (χ0v) is 9.90. The predicted molar refractivity (Wildman–Crippen MR) is 63.7 cm³/mol. The molecule has 0 aliphatic carbocycles. The lowest BCUT2D eigenvalue weighted by atomic mass is 10.1. The summed E-state index contributed by atoms with van der Waals surface area (Å²) in [7, 11) is 2.01. The van der Waals surface area contributed by atoms with Gasteiger partial charge in [-0.3, -0.25) is 0 Å². The molecule has 1 aliphatic rings. The quantitative estimate of drug-likeness (QED) is 0.723. The van der Waals surface area contributed by atoms with Crippen LogP contribution in [0.5, 0.6) is 5.75 Å². The number of aryl methyl sites for hydroxylation is 1. The summed E-state index contributed by atoms with van der Waals surface area (Å²) < 4.78 is 5.66. The van der Waals surface area contributed by atoms with Crippen LogP contribution in [0.3, 0.4) is 0 Å². The van der Waals surface area contributed by atoms with E-state index in [1.807, 2.05) is 20.0 Å². The summed E-state index contributed by atoms with van der Waals surface area (Å²) >= 11 is 0. The third-order valence-electron chi connectivity index (χ3n) is 3.24. The van der Waals surface area contributed by atoms with Crippen LogP contribution in [-0.2, 0) is 6.42 Å². The molecule has 1 heterocycles. The Morgan fingerprint density at radius 1 is 1.50 bits per heavy atom. The second-order valence-electron chi connectivity index (χ2n) is 4.17. The van der Waals surface area contributed by atoms with Gasteiger partial charge in [0.15, 0.2) is 0 Å². The largest absolute Gasteiger partial charge is 0.471 e. The van der Waals surface area contributed by atoms with Gasteiger partial charge in [0.05, 0.1) is 11.7 Å². The Morgan fingerprint density at radius 3 is 2.88 bits per heavy atom. The maximum absolute atomic E-state index is 9.00. The molecule has 3 nitrogen and oxygen atoms in total. The van der Waals surface area contributed by atoms with E-state index >= 15 is 0 Å². The van der Waals surface area contributed by atoms with Gasteiger partial charge in [0.2, 0.25) is 6.10 Å². The minimum Gasteiger partial charge on any atom is -0.471 e. The van der Waals surface area contributed by atoms with Gasteiger partial charge in [-0.2, -0.15) is 5.26 Å². The van der Waals surface area contributed by atoms with Crippen LogP contribution in [-0.4, -0.2) is 19.2 Å². The van der Waals surface area contributed by atoms with E-state index in [4.69, 9.17) is 10.00 Å². The number of anilines is 1. The molecule has 1 aliphatic heterocycles. The zero-order chi connectivity index (χ0) is 11.7. The minimum atomic E-state index is -0.384. The molecule has 16 heavy (non-hydrogen) atoms. The molecule has 84 valence electrons. The number of likely N-dealkylation sites (N-methyl/N-ethyl adjacent to an activating group) is 1. The highest BCUT2D eigenvalue weighted by Crippen LogP contribution is 2.35. The topological polar surface area (TPSA) is 36.3 Å². The van der Waals surface area contributed by atoms with Crippen molar-refractivity contribution in [3.8, 4) is 11.8 Å². The molecule has 2 unspecified atom stereocenters. The van der Waals surface area contributed by atoms with Crippen LogP contribution in [0.4, 0.5) is 5.69 Å². The normalized spacial score (nSPS) is 23.2. The van der Waals surface area contributed by atoms with Crippen LogP contribution in [0, 0.1) is 11.3 Å². The molecule has 0 spiro atoms. The fourth-order valence-corrected chi connectivity index (χ4v) is 1.95. The van der Waals surface area contributed by atoms with Gasteiger partial charge in [0.1, 0.15) is 11.8 Å². The molecule has 0 aromatic heterocycles. The molecule has 1 aromatic carbocycles. The third-order valence-corrected chi connectivity index (χ3v) is 3.24. The van der Waals surface area contributed by atoms with Crippen molar-refractivity contribution in [2.75, 3.05) is 11.9 Å². The van der Waals surface area contributed by atoms with E-state index in [9.17, 15) is 0 Å². The third kappa shape index (κ3) is 1.61. The summed E-state index contributed by atoms with van der Waals surface area (Å²) in [6, 6.07) is 8.43. The van der Waals surface area contributed by atoms with Crippen molar-refractivity contribution in [3.63, 3.8) is 0 Å². The number of nitrogens with zero attached hydrogens (tertiary/aromatic N) is 2. The Morgan fingerprint density at radius 2 is 2.25 bits per heavy atom. The summed E-state index contributed by atoms with van der Waals surface area (Å²) in [6.45, 7) is 4.14. The van der Waals surface area contributed by atoms with E-state index in [2.05, 4.69) is 30.0 Å². The van der Waals surface area contributed by atoms with Gasteiger partial charge in [-0.25, -0.2) is 0 Å². The Bertz CT molecular complexity index is 436. The first-order chi connectivity index (χ1) is 7.67. The monoisotopic (exact) mass is 216 g/mol. The van der Waals surface area contributed by atoms with Crippen molar-refractivity contribution in [3.05, 3.63) is 23.8 Å². The van der Waals surface area contributed by atoms with Gasteiger partial charge in [-0.15, -0.1) is 0 Å². The maximum Gasteiger partial charge on any atom is 0.204 e. The number of rotatable bonds is 1. The molecule has 0 saturated carbocycles. The number of nitriles is 1. The number of hydrogen-bond donors (Lipinski definition) is 0. The summed E-state index contributed by atoms with van der Waals surface area (Å²) in [5.41, 5.74) is 2.37. The molecule has 1 aromatic rings. The summed E-state index contributed by atoms with van der Waals surface area (Å²) in [5.74, 6) is 0.810.